The first-order valence-electron chi connectivity index (χ1n) is 11.0. The first kappa shape index (κ1) is 23.8. The number of piperidine rings is 1. The minimum Gasteiger partial charge on any atom is -0.352 e. The van der Waals surface area contributed by atoms with Crippen molar-refractivity contribution in [1.29, 1.82) is 0 Å². The van der Waals surface area contributed by atoms with E-state index in [-0.39, 0.29) is 22.8 Å². The molecule has 1 unspecified atom stereocenters. The molecule has 3 rings (SSSR count). The van der Waals surface area contributed by atoms with Gasteiger partial charge < -0.3 is 10.2 Å². The van der Waals surface area contributed by atoms with Crippen LogP contribution < -0.4 is 10.0 Å². The summed E-state index contributed by atoms with van der Waals surface area (Å²) in [6.07, 6.45) is 2.86. The quantitative estimate of drug-likeness (QED) is 0.664. The van der Waals surface area contributed by atoms with Crippen LogP contribution in [-0.4, -0.2) is 44.3 Å². The van der Waals surface area contributed by atoms with E-state index in [1.165, 1.54) is 12.1 Å². The largest absolute Gasteiger partial charge is 0.352 e. The van der Waals surface area contributed by atoms with Gasteiger partial charge >= 0.3 is 0 Å². The van der Waals surface area contributed by atoms with Crippen molar-refractivity contribution in [2.45, 2.75) is 57.4 Å². The second-order valence-electron chi connectivity index (χ2n) is 8.36. The fraction of sp³-hybridized carbons (Fsp3) is 0.417. The first-order valence-corrected chi connectivity index (χ1v) is 12.5. The van der Waals surface area contributed by atoms with Crippen LogP contribution in [0.2, 0.25) is 0 Å². The van der Waals surface area contributed by atoms with Gasteiger partial charge in [0.2, 0.25) is 5.91 Å². The lowest BCUT2D eigenvalue weighted by atomic mass is 10.0. The van der Waals surface area contributed by atoms with Crippen molar-refractivity contribution in [2.24, 2.45) is 0 Å². The molecule has 2 amide bonds. The number of hydrogen-bond donors (Lipinski definition) is 2. The van der Waals surface area contributed by atoms with E-state index in [2.05, 4.69) is 10.0 Å². The maximum absolute atomic E-state index is 13.3. The number of sulfonamides is 1. The van der Waals surface area contributed by atoms with Crippen molar-refractivity contribution in [3.63, 3.8) is 0 Å². The number of amides is 2. The van der Waals surface area contributed by atoms with E-state index >= 15 is 0 Å². The monoisotopic (exact) mass is 457 g/mol. The third kappa shape index (κ3) is 5.88. The Morgan fingerprint density at radius 1 is 1.12 bits per heavy atom. The Balaban J connectivity index is 1.78. The Morgan fingerprint density at radius 3 is 2.62 bits per heavy atom. The zero-order chi connectivity index (χ0) is 23.3. The predicted octanol–water partition coefficient (Wildman–Crippen LogP) is 3.63. The lowest BCUT2D eigenvalue weighted by Crippen LogP contribution is -2.49. The molecule has 2 N–H and O–H groups in total. The van der Waals surface area contributed by atoms with Crippen molar-refractivity contribution < 1.29 is 18.0 Å². The van der Waals surface area contributed by atoms with Crippen molar-refractivity contribution in [3.8, 4) is 0 Å². The zero-order valence-corrected chi connectivity index (χ0v) is 19.7. The van der Waals surface area contributed by atoms with Crippen molar-refractivity contribution in [2.75, 3.05) is 17.8 Å². The molecule has 1 saturated heterocycles. The van der Waals surface area contributed by atoms with Gasteiger partial charge in [-0.25, -0.2) is 8.42 Å². The lowest BCUT2D eigenvalue weighted by Gasteiger charge is -2.33. The summed E-state index contributed by atoms with van der Waals surface area (Å²) in [7, 11) is -3.84. The summed E-state index contributed by atoms with van der Waals surface area (Å²) < 4.78 is 28.4. The highest BCUT2D eigenvalue weighted by Gasteiger charge is 2.27. The second-order valence-corrected chi connectivity index (χ2v) is 10.0. The Kier molecular flexibility index (Phi) is 7.56. The second kappa shape index (κ2) is 10.2. The number of anilines is 1. The van der Waals surface area contributed by atoms with Crippen LogP contribution in [0.1, 0.15) is 54.1 Å². The van der Waals surface area contributed by atoms with E-state index in [9.17, 15) is 18.0 Å². The van der Waals surface area contributed by atoms with E-state index in [0.717, 1.165) is 24.8 Å². The summed E-state index contributed by atoms with van der Waals surface area (Å²) in [6.45, 7) is 6.64. The van der Waals surface area contributed by atoms with Gasteiger partial charge in [0.25, 0.3) is 15.9 Å². The summed E-state index contributed by atoms with van der Waals surface area (Å²) in [5.41, 5.74) is 2.48. The molecule has 1 fully saturated rings. The molecule has 0 spiro atoms. The number of carbonyl (C=O) groups excluding carboxylic acids is 2. The smallest absolute Gasteiger partial charge is 0.261 e. The Labute approximate surface area is 190 Å². The molecule has 1 aliphatic heterocycles. The summed E-state index contributed by atoms with van der Waals surface area (Å²) in [5, 5.41) is 3.00. The van der Waals surface area contributed by atoms with Gasteiger partial charge in [0.05, 0.1) is 4.90 Å². The van der Waals surface area contributed by atoms with Crippen LogP contribution in [0.5, 0.6) is 0 Å². The lowest BCUT2D eigenvalue weighted by molar-refractivity contribution is -0.122. The fourth-order valence-corrected chi connectivity index (χ4v) is 4.97. The van der Waals surface area contributed by atoms with Crippen LogP contribution in [0, 0.1) is 13.8 Å². The standard InChI is InChI=1S/C24H31N3O4S/c1-4-7-23(28)25-20-10-6-13-27(16-20)24(29)22-15-21(12-11-18(22)3)32(30,31)26-19-9-5-8-17(2)14-19/h5,8-9,11-12,14-15,20,26H,4,6-7,10,13,16H2,1-3H3,(H,25,28). The van der Waals surface area contributed by atoms with E-state index < -0.39 is 10.0 Å². The molecule has 0 saturated carbocycles. The van der Waals surface area contributed by atoms with E-state index in [1.54, 1.807) is 36.1 Å². The zero-order valence-electron chi connectivity index (χ0n) is 18.8. The van der Waals surface area contributed by atoms with Crippen LogP contribution in [0.25, 0.3) is 0 Å². The number of likely N-dealkylation sites (tertiary alicyclic amines) is 1. The molecule has 1 heterocycles. The molecule has 2 aromatic carbocycles. The SMILES string of the molecule is CCCC(=O)NC1CCCN(C(=O)c2cc(S(=O)(=O)Nc3cccc(C)c3)ccc2C)C1. The van der Waals surface area contributed by atoms with Gasteiger partial charge in [0.15, 0.2) is 0 Å². The molecule has 1 aliphatic rings. The van der Waals surface area contributed by atoms with Gasteiger partial charge in [-0.3, -0.25) is 14.3 Å². The molecule has 32 heavy (non-hydrogen) atoms. The van der Waals surface area contributed by atoms with Crippen molar-refractivity contribution in [1.82, 2.24) is 10.2 Å². The normalized spacial score (nSPS) is 16.5. The van der Waals surface area contributed by atoms with Gasteiger partial charge in [-0.2, -0.15) is 0 Å². The number of carbonyl (C=O) groups is 2. The van der Waals surface area contributed by atoms with Crippen LogP contribution >= 0.6 is 0 Å². The van der Waals surface area contributed by atoms with E-state index in [1.807, 2.05) is 19.9 Å². The van der Waals surface area contributed by atoms with Crippen molar-refractivity contribution in [3.05, 3.63) is 59.2 Å². The Bertz CT molecular complexity index is 1100. The highest BCUT2D eigenvalue weighted by molar-refractivity contribution is 7.92. The van der Waals surface area contributed by atoms with Gasteiger partial charge in [-0.15, -0.1) is 0 Å². The molecule has 1 atom stereocenters. The van der Waals surface area contributed by atoms with E-state index in [4.69, 9.17) is 0 Å². The van der Waals surface area contributed by atoms with Crippen molar-refractivity contribution >= 4 is 27.5 Å². The minimum atomic E-state index is -3.84. The number of nitrogens with one attached hydrogen (secondary N) is 2. The summed E-state index contributed by atoms with van der Waals surface area (Å²) in [6, 6.07) is 11.6. The summed E-state index contributed by atoms with van der Waals surface area (Å²) in [4.78, 5) is 26.9. The average molecular weight is 458 g/mol. The predicted molar refractivity (Wildman–Crippen MR) is 125 cm³/mol. The molecular formula is C24H31N3O4S. The molecule has 8 heteroatoms. The number of rotatable bonds is 7. The van der Waals surface area contributed by atoms with Crippen LogP contribution in [0.3, 0.4) is 0 Å². The molecule has 7 nitrogen and oxygen atoms in total. The van der Waals surface area contributed by atoms with E-state index in [0.29, 0.717) is 36.3 Å². The third-order valence-electron chi connectivity index (χ3n) is 5.57. The van der Waals surface area contributed by atoms with Crippen LogP contribution in [-0.2, 0) is 14.8 Å². The summed E-state index contributed by atoms with van der Waals surface area (Å²) >= 11 is 0. The third-order valence-corrected chi connectivity index (χ3v) is 6.95. The highest BCUT2D eigenvalue weighted by atomic mass is 32.2. The molecule has 0 aliphatic carbocycles. The van der Waals surface area contributed by atoms with Crippen LogP contribution in [0.15, 0.2) is 47.4 Å². The topological polar surface area (TPSA) is 95.6 Å². The Morgan fingerprint density at radius 2 is 1.91 bits per heavy atom. The maximum Gasteiger partial charge on any atom is 0.261 e. The van der Waals surface area contributed by atoms with Gasteiger partial charge in [-0.05, 0) is 68.5 Å². The fourth-order valence-electron chi connectivity index (χ4n) is 3.90. The van der Waals surface area contributed by atoms with Gasteiger partial charge in [0.1, 0.15) is 0 Å². The first-order chi connectivity index (χ1) is 15.2. The summed E-state index contributed by atoms with van der Waals surface area (Å²) in [5.74, 6) is -0.220. The number of hydrogen-bond acceptors (Lipinski definition) is 4. The van der Waals surface area contributed by atoms with Gasteiger partial charge in [-0.1, -0.05) is 25.1 Å². The molecular weight excluding hydrogens is 426 g/mol. The minimum absolute atomic E-state index is 0.00158. The number of aryl methyl sites for hydroxylation is 2. The van der Waals surface area contributed by atoms with Gasteiger partial charge in [0, 0.05) is 36.8 Å². The molecule has 0 radical (unpaired) electrons. The maximum atomic E-state index is 13.3. The molecule has 2 aromatic rings. The molecule has 172 valence electrons. The number of benzene rings is 2. The average Bonchev–Trinajstić information content (AvgIpc) is 2.73. The van der Waals surface area contributed by atoms with Crippen LogP contribution in [0.4, 0.5) is 5.69 Å². The molecule has 0 aromatic heterocycles. The molecule has 0 bridgehead atoms. The number of nitrogens with zero attached hydrogens (tertiary/aromatic N) is 1. The Hall–Kier alpha value is -2.87. The highest BCUT2D eigenvalue weighted by Crippen LogP contribution is 2.22.